The van der Waals surface area contributed by atoms with Crippen LogP contribution in [-0.4, -0.2) is 9.97 Å². The van der Waals surface area contributed by atoms with Gasteiger partial charge in [0.25, 0.3) is 0 Å². The largest absolute Gasteiger partial charge is 0.244 e. The van der Waals surface area contributed by atoms with E-state index in [1.165, 1.54) is 11.1 Å². The van der Waals surface area contributed by atoms with Crippen molar-refractivity contribution >= 4 is 10.9 Å². The Bertz CT molecular complexity index is 572. The van der Waals surface area contributed by atoms with Crippen molar-refractivity contribution in [1.82, 2.24) is 9.97 Å². The standard InChI is InChI=1S/C16H22N2/c1-15(2,3)12-7-11-9-17-10-18-14(11)13(8-12)16(4,5)6/h7-10H,1-6H3. The van der Waals surface area contributed by atoms with Gasteiger partial charge >= 0.3 is 0 Å². The van der Waals surface area contributed by atoms with Crippen LogP contribution in [0, 0.1) is 0 Å². The van der Waals surface area contributed by atoms with Gasteiger partial charge in [0, 0.05) is 11.6 Å². The molecule has 0 atom stereocenters. The van der Waals surface area contributed by atoms with Crippen molar-refractivity contribution in [3.63, 3.8) is 0 Å². The third-order valence-corrected chi connectivity index (χ3v) is 3.28. The highest BCUT2D eigenvalue weighted by Gasteiger charge is 2.22. The molecule has 1 heterocycles. The Morgan fingerprint density at radius 3 is 2.11 bits per heavy atom. The van der Waals surface area contributed by atoms with Crippen molar-refractivity contribution in [2.75, 3.05) is 0 Å². The molecule has 0 N–H and O–H groups in total. The van der Waals surface area contributed by atoms with Gasteiger partial charge in [-0.1, -0.05) is 47.6 Å². The molecule has 0 aliphatic carbocycles. The number of rotatable bonds is 0. The molecule has 96 valence electrons. The molecule has 0 unspecified atom stereocenters. The lowest BCUT2D eigenvalue weighted by Gasteiger charge is -2.26. The van der Waals surface area contributed by atoms with E-state index >= 15 is 0 Å². The minimum Gasteiger partial charge on any atom is -0.244 e. The normalized spacial score (nSPS) is 13.0. The number of aromatic nitrogens is 2. The van der Waals surface area contributed by atoms with E-state index in [-0.39, 0.29) is 10.8 Å². The van der Waals surface area contributed by atoms with Crippen LogP contribution in [-0.2, 0) is 10.8 Å². The predicted molar refractivity (Wildman–Crippen MR) is 76.9 cm³/mol. The summed E-state index contributed by atoms with van der Waals surface area (Å²) in [7, 11) is 0. The average molecular weight is 242 g/mol. The molecular formula is C16H22N2. The van der Waals surface area contributed by atoms with Crippen LogP contribution in [0.3, 0.4) is 0 Å². The summed E-state index contributed by atoms with van der Waals surface area (Å²) in [5.74, 6) is 0. The van der Waals surface area contributed by atoms with Gasteiger partial charge in [0.05, 0.1) is 5.52 Å². The van der Waals surface area contributed by atoms with E-state index in [4.69, 9.17) is 0 Å². The fraction of sp³-hybridized carbons (Fsp3) is 0.500. The van der Waals surface area contributed by atoms with Crippen LogP contribution in [0.15, 0.2) is 24.7 Å². The summed E-state index contributed by atoms with van der Waals surface area (Å²) in [5, 5.41) is 1.13. The monoisotopic (exact) mass is 242 g/mol. The fourth-order valence-corrected chi connectivity index (χ4v) is 2.11. The fourth-order valence-electron chi connectivity index (χ4n) is 2.11. The molecule has 0 spiro atoms. The summed E-state index contributed by atoms with van der Waals surface area (Å²) in [6, 6.07) is 4.51. The summed E-state index contributed by atoms with van der Waals surface area (Å²) in [6.07, 6.45) is 3.54. The summed E-state index contributed by atoms with van der Waals surface area (Å²) < 4.78 is 0. The van der Waals surface area contributed by atoms with Crippen molar-refractivity contribution in [2.24, 2.45) is 0 Å². The summed E-state index contributed by atoms with van der Waals surface area (Å²) in [6.45, 7) is 13.4. The number of benzene rings is 1. The zero-order valence-corrected chi connectivity index (χ0v) is 12.2. The van der Waals surface area contributed by atoms with Gasteiger partial charge in [-0.3, -0.25) is 0 Å². The Morgan fingerprint density at radius 1 is 0.889 bits per heavy atom. The SMILES string of the molecule is CC(C)(C)c1cc(C(C)(C)C)c2ncncc2c1. The molecule has 2 rings (SSSR count). The molecule has 1 aromatic carbocycles. The molecule has 2 nitrogen and oxygen atoms in total. The number of hydrogen-bond acceptors (Lipinski definition) is 2. The zero-order valence-electron chi connectivity index (χ0n) is 12.2. The Labute approximate surface area is 109 Å². The van der Waals surface area contributed by atoms with Gasteiger partial charge in [0.1, 0.15) is 6.33 Å². The van der Waals surface area contributed by atoms with E-state index in [1.807, 2.05) is 6.20 Å². The second-order valence-electron chi connectivity index (χ2n) is 6.98. The lowest BCUT2D eigenvalue weighted by molar-refractivity contribution is 0.572. The second kappa shape index (κ2) is 4.04. The van der Waals surface area contributed by atoms with E-state index < -0.39 is 0 Å². The van der Waals surface area contributed by atoms with E-state index in [0.717, 1.165) is 10.9 Å². The molecular weight excluding hydrogens is 220 g/mol. The van der Waals surface area contributed by atoms with Gasteiger partial charge < -0.3 is 0 Å². The first-order valence-corrected chi connectivity index (χ1v) is 6.44. The van der Waals surface area contributed by atoms with E-state index in [1.54, 1.807) is 6.33 Å². The Morgan fingerprint density at radius 2 is 1.56 bits per heavy atom. The van der Waals surface area contributed by atoms with Crippen LogP contribution in [0.2, 0.25) is 0 Å². The molecule has 18 heavy (non-hydrogen) atoms. The molecule has 0 saturated heterocycles. The number of fused-ring (bicyclic) bond motifs is 1. The van der Waals surface area contributed by atoms with E-state index in [0.29, 0.717) is 0 Å². The highest BCUT2D eigenvalue weighted by Crippen LogP contribution is 2.33. The average Bonchev–Trinajstić information content (AvgIpc) is 2.25. The molecule has 2 aromatic rings. The highest BCUT2D eigenvalue weighted by atomic mass is 14.8. The van der Waals surface area contributed by atoms with Crippen molar-refractivity contribution in [2.45, 2.75) is 52.4 Å². The first kappa shape index (κ1) is 13.0. The van der Waals surface area contributed by atoms with Crippen LogP contribution in [0.5, 0.6) is 0 Å². The zero-order chi connectivity index (χ0) is 13.6. The minimum absolute atomic E-state index is 0.0911. The molecule has 0 amide bonds. The molecule has 0 saturated carbocycles. The van der Waals surface area contributed by atoms with Crippen LogP contribution >= 0.6 is 0 Å². The first-order chi connectivity index (χ1) is 8.19. The topological polar surface area (TPSA) is 25.8 Å². The highest BCUT2D eigenvalue weighted by molar-refractivity contribution is 5.83. The number of hydrogen-bond donors (Lipinski definition) is 0. The Kier molecular flexibility index (Phi) is 2.92. The maximum Gasteiger partial charge on any atom is 0.116 e. The summed E-state index contributed by atoms with van der Waals surface area (Å²) in [4.78, 5) is 8.61. The van der Waals surface area contributed by atoms with Crippen LogP contribution in [0.25, 0.3) is 10.9 Å². The summed E-state index contributed by atoms with van der Waals surface area (Å²) in [5.41, 5.74) is 3.95. The van der Waals surface area contributed by atoms with Crippen molar-refractivity contribution in [3.05, 3.63) is 35.8 Å². The van der Waals surface area contributed by atoms with Gasteiger partial charge in [-0.15, -0.1) is 0 Å². The predicted octanol–water partition coefficient (Wildman–Crippen LogP) is 4.22. The van der Waals surface area contributed by atoms with Crippen molar-refractivity contribution in [3.8, 4) is 0 Å². The van der Waals surface area contributed by atoms with Crippen molar-refractivity contribution < 1.29 is 0 Å². The second-order valence-corrected chi connectivity index (χ2v) is 6.98. The smallest absolute Gasteiger partial charge is 0.116 e. The molecule has 0 fully saturated rings. The lowest BCUT2D eigenvalue weighted by atomic mass is 9.79. The maximum atomic E-state index is 4.46. The van der Waals surface area contributed by atoms with Gasteiger partial charge in [0.2, 0.25) is 0 Å². The summed E-state index contributed by atoms with van der Waals surface area (Å²) >= 11 is 0. The Balaban J connectivity index is 2.81. The molecule has 2 heteroatoms. The van der Waals surface area contributed by atoms with Gasteiger partial charge in [-0.2, -0.15) is 0 Å². The molecule has 0 aliphatic heterocycles. The van der Waals surface area contributed by atoms with Gasteiger partial charge in [-0.25, -0.2) is 9.97 Å². The lowest BCUT2D eigenvalue weighted by Crippen LogP contribution is -2.17. The van der Waals surface area contributed by atoms with E-state index in [2.05, 4.69) is 63.6 Å². The van der Waals surface area contributed by atoms with Gasteiger partial charge in [-0.05, 0) is 28.0 Å². The molecule has 0 aliphatic rings. The minimum atomic E-state index is 0.0911. The maximum absolute atomic E-state index is 4.46. The van der Waals surface area contributed by atoms with Crippen LogP contribution < -0.4 is 0 Å². The first-order valence-electron chi connectivity index (χ1n) is 6.44. The van der Waals surface area contributed by atoms with E-state index in [9.17, 15) is 0 Å². The van der Waals surface area contributed by atoms with Gasteiger partial charge in [0.15, 0.2) is 0 Å². The van der Waals surface area contributed by atoms with Crippen LogP contribution in [0.1, 0.15) is 52.7 Å². The third kappa shape index (κ3) is 2.38. The molecule has 0 radical (unpaired) electrons. The molecule has 1 aromatic heterocycles. The number of nitrogens with zero attached hydrogens (tertiary/aromatic N) is 2. The Hall–Kier alpha value is -1.44. The quantitative estimate of drug-likeness (QED) is 0.691. The van der Waals surface area contributed by atoms with Crippen LogP contribution in [0.4, 0.5) is 0 Å². The van der Waals surface area contributed by atoms with Crippen molar-refractivity contribution in [1.29, 1.82) is 0 Å². The third-order valence-electron chi connectivity index (χ3n) is 3.28. The molecule has 0 bridgehead atoms.